The summed E-state index contributed by atoms with van der Waals surface area (Å²) >= 11 is 7.47. The number of nitrogens with zero attached hydrogens (tertiary/aromatic N) is 3. The molecule has 3 rings (SSSR count). The van der Waals surface area contributed by atoms with Gasteiger partial charge in [0.05, 0.1) is 22.4 Å². The fourth-order valence-corrected chi connectivity index (χ4v) is 4.37. The highest BCUT2D eigenvalue weighted by Gasteiger charge is 2.26. The van der Waals surface area contributed by atoms with Gasteiger partial charge in [0.2, 0.25) is 5.91 Å². The van der Waals surface area contributed by atoms with Crippen LogP contribution in [0.15, 0.2) is 47.6 Å². The first-order valence-electron chi connectivity index (χ1n) is 10.6. The van der Waals surface area contributed by atoms with E-state index in [1.807, 2.05) is 57.5 Å². The van der Waals surface area contributed by atoms with Gasteiger partial charge in [-0.1, -0.05) is 67.5 Å². The number of anilines is 1. The molecule has 2 N–H and O–H groups in total. The third kappa shape index (κ3) is 5.94. The Morgan fingerprint density at radius 2 is 1.73 bits per heavy atom. The lowest BCUT2D eigenvalue weighted by Gasteiger charge is -2.22. The minimum absolute atomic E-state index is 0.0597. The maximum Gasteiger partial charge on any atom is 0.253 e. The van der Waals surface area contributed by atoms with Crippen LogP contribution in [0.2, 0.25) is 5.02 Å². The van der Waals surface area contributed by atoms with Crippen molar-refractivity contribution in [2.75, 3.05) is 11.1 Å². The largest absolute Gasteiger partial charge is 0.342 e. The SMILES string of the molecule is Cc1cccc(C)c1NC(=O)CSc1nnc([C@@H](NC(=O)c2ccccc2Cl)C(C)C)n1C. The number of para-hydroxylation sites is 1. The molecule has 0 aliphatic heterocycles. The molecule has 0 bridgehead atoms. The fourth-order valence-electron chi connectivity index (χ4n) is 3.43. The van der Waals surface area contributed by atoms with E-state index in [0.717, 1.165) is 16.8 Å². The summed E-state index contributed by atoms with van der Waals surface area (Å²) in [5.74, 6) is 0.476. The zero-order valence-corrected chi connectivity index (χ0v) is 20.9. The van der Waals surface area contributed by atoms with E-state index >= 15 is 0 Å². The number of hydrogen-bond acceptors (Lipinski definition) is 5. The van der Waals surface area contributed by atoms with Crippen molar-refractivity contribution in [3.05, 3.63) is 70.0 Å². The minimum atomic E-state index is -0.371. The number of hydrogen-bond donors (Lipinski definition) is 2. The number of aromatic nitrogens is 3. The number of carbonyl (C=O) groups is 2. The molecule has 2 amide bonds. The second-order valence-electron chi connectivity index (χ2n) is 8.18. The van der Waals surface area contributed by atoms with Crippen molar-refractivity contribution in [3.63, 3.8) is 0 Å². The predicted molar refractivity (Wildman–Crippen MR) is 133 cm³/mol. The van der Waals surface area contributed by atoms with Crippen molar-refractivity contribution < 1.29 is 9.59 Å². The molecule has 174 valence electrons. The lowest BCUT2D eigenvalue weighted by Crippen LogP contribution is -2.33. The molecule has 0 spiro atoms. The maximum absolute atomic E-state index is 12.8. The highest BCUT2D eigenvalue weighted by atomic mass is 35.5. The van der Waals surface area contributed by atoms with E-state index in [4.69, 9.17) is 11.6 Å². The van der Waals surface area contributed by atoms with Crippen LogP contribution in [-0.4, -0.2) is 32.3 Å². The van der Waals surface area contributed by atoms with Gasteiger partial charge in [-0.25, -0.2) is 0 Å². The molecule has 0 saturated heterocycles. The normalized spacial score (nSPS) is 12.0. The van der Waals surface area contributed by atoms with Crippen LogP contribution >= 0.6 is 23.4 Å². The van der Waals surface area contributed by atoms with Crippen molar-refractivity contribution in [2.45, 2.75) is 38.9 Å². The van der Waals surface area contributed by atoms with Gasteiger partial charge in [-0.15, -0.1) is 10.2 Å². The van der Waals surface area contributed by atoms with Crippen molar-refractivity contribution in [1.82, 2.24) is 20.1 Å². The molecule has 1 atom stereocenters. The van der Waals surface area contributed by atoms with Gasteiger partial charge in [0.15, 0.2) is 11.0 Å². The van der Waals surface area contributed by atoms with Crippen LogP contribution in [0.3, 0.4) is 0 Å². The average molecular weight is 486 g/mol. The van der Waals surface area contributed by atoms with Gasteiger partial charge in [0, 0.05) is 12.7 Å². The molecule has 0 aliphatic rings. The van der Waals surface area contributed by atoms with E-state index in [1.54, 1.807) is 24.3 Å². The van der Waals surface area contributed by atoms with Gasteiger partial charge >= 0.3 is 0 Å². The van der Waals surface area contributed by atoms with Crippen LogP contribution in [0.1, 0.15) is 47.2 Å². The van der Waals surface area contributed by atoms with E-state index in [-0.39, 0.29) is 29.5 Å². The summed E-state index contributed by atoms with van der Waals surface area (Å²) in [4.78, 5) is 25.3. The summed E-state index contributed by atoms with van der Waals surface area (Å²) in [5.41, 5.74) is 3.28. The molecule has 0 fully saturated rings. The van der Waals surface area contributed by atoms with Crippen LogP contribution in [0.25, 0.3) is 0 Å². The molecule has 9 heteroatoms. The maximum atomic E-state index is 12.8. The Hall–Kier alpha value is -2.84. The number of thioether (sulfide) groups is 1. The third-order valence-corrected chi connectivity index (χ3v) is 6.65. The molecule has 7 nitrogen and oxygen atoms in total. The van der Waals surface area contributed by atoms with Crippen LogP contribution in [0, 0.1) is 19.8 Å². The number of benzene rings is 2. The Labute approximate surface area is 203 Å². The smallest absolute Gasteiger partial charge is 0.253 e. The Morgan fingerprint density at radius 1 is 1.06 bits per heavy atom. The molecule has 0 aliphatic carbocycles. The number of carbonyl (C=O) groups excluding carboxylic acids is 2. The number of nitrogens with one attached hydrogen (secondary N) is 2. The Morgan fingerprint density at radius 3 is 2.36 bits per heavy atom. The zero-order valence-electron chi connectivity index (χ0n) is 19.3. The van der Waals surface area contributed by atoms with Gasteiger partial charge in [-0.05, 0) is 43.0 Å². The quantitative estimate of drug-likeness (QED) is 0.441. The first-order chi connectivity index (χ1) is 15.7. The van der Waals surface area contributed by atoms with Gasteiger partial charge < -0.3 is 15.2 Å². The van der Waals surface area contributed by atoms with E-state index in [1.165, 1.54) is 11.8 Å². The van der Waals surface area contributed by atoms with E-state index < -0.39 is 0 Å². The molecule has 0 unspecified atom stereocenters. The first kappa shape index (κ1) is 24.8. The second kappa shape index (κ2) is 10.9. The topological polar surface area (TPSA) is 88.9 Å². The van der Waals surface area contributed by atoms with E-state index in [2.05, 4.69) is 20.8 Å². The lowest BCUT2D eigenvalue weighted by atomic mass is 10.0. The van der Waals surface area contributed by atoms with Gasteiger partial charge in [0.25, 0.3) is 5.91 Å². The highest BCUT2D eigenvalue weighted by Crippen LogP contribution is 2.26. The van der Waals surface area contributed by atoms with Crippen LogP contribution in [0.5, 0.6) is 0 Å². The molecular weight excluding hydrogens is 458 g/mol. The molecule has 3 aromatic rings. The van der Waals surface area contributed by atoms with Crippen molar-refractivity contribution in [2.24, 2.45) is 13.0 Å². The molecule has 1 heterocycles. The van der Waals surface area contributed by atoms with Crippen LogP contribution < -0.4 is 10.6 Å². The monoisotopic (exact) mass is 485 g/mol. The number of amides is 2. The third-order valence-electron chi connectivity index (χ3n) is 5.30. The van der Waals surface area contributed by atoms with E-state index in [0.29, 0.717) is 21.6 Å². The van der Waals surface area contributed by atoms with Crippen molar-refractivity contribution >= 4 is 40.9 Å². The molecule has 1 aromatic heterocycles. The molecule has 0 saturated carbocycles. The summed E-state index contributed by atoms with van der Waals surface area (Å²) in [6.07, 6.45) is 0. The standard InChI is InChI=1S/C24H28ClN5O2S/c1-14(2)20(27-23(32)17-11-6-7-12-18(17)25)22-28-29-24(30(22)5)33-13-19(31)26-21-15(3)9-8-10-16(21)4/h6-12,14,20H,13H2,1-5H3,(H,26,31)(H,27,32)/t20-/m0/s1. The second-order valence-corrected chi connectivity index (χ2v) is 9.53. The van der Waals surface area contributed by atoms with Gasteiger partial charge in [0.1, 0.15) is 0 Å². The lowest BCUT2D eigenvalue weighted by molar-refractivity contribution is -0.113. The average Bonchev–Trinajstić information content (AvgIpc) is 3.13. The number of halogens is 1. The Kier molecular flexibility index (Phi) is 8.15. The summed E-state index contributed by atoms with van der Waals surface area (Å²) in [5, 5.41) is 15.5. The highest BCUT2D eigenvalue weighted by molar-refractivity contribution is 7.99. The van der Waals surface area contributed by atoms with Gasteiger partial charge in [-0.3, -0.25) is 9.59 Å². The first-order valence-corrected chi connectivity index (χ1v) is 12.0. The fraction of sp³-hybridized carbons (Fsp3) is 0.333. The van der Waals surface area contributed by atoms with Gasteiger partial charge in [-0.2, -0.15) is 0 Å². The van der Waals surface area contributed by atoms with Crippen molar-refractivity contribution in [1.29, 1.82) is 0 Å². The van der Waals surface area contributed by atoms with Crippen LogP contribution in [0.4, 0.5) is 5.69 Å². The number of aryl methyl sites for hydroxylation is 2. The molecule has 0 radical (unpaired) electrons. The Bertz CT molecular complexity index is 1140. The van der Waals surface area contributed by atoms with Crippen LogP contribution in [-0.2, 0) is 11.8 Å². The summed E-state index contributed by atoms with van der Waals surface area (Å²) in [6.45, 7) is 7.93. The summed E-state index contributed by atoms with van der Waals surface area (Å²) in [6, 6.07) is 12.4. The zero-order chi connectivity index (χ0) is 24.1. The summed E-state index contributed by atoms with van der Waals surface area (Å²) in [7, 11) is 1.83. The van der Waals surface area contributed by atoms with E-state index in [9.17, 15) is 9.59 Å². The minimum Gasteiger partial charge on any atom is -0.342 e. The summed E-state index contributed by atoms with van der Waals surface area (Å²) < 4.78 is 1.81. The van der Waals surface area contributed by atoms with Crippen molar-refractivity contribution in [3.8, 4) is 0 Å². The molecule has 33 heavy (non-hydrogen) atoms. The number of rotatable bonds is 8. The molecule has 2 aromatic carbocycles. The molecular formula is C24H28ClN5O2S. The predicted octanol–water partition coefficient (Wildman–Crippen LogP) is 4.94. The Balaban J connectivity index is 1.69.